The van der Waals surface area contributed by atoms with Crippen LogP contribution in [0.15, 0.2) is 48.7 Å². The molecule has 3 aromatic rings. The Morgan fingerprint density at radius 2 is 1.82 bits per heavy atom. The Bertz CT molecular complexity index is 1190. The van der Waals surface area contributed by atoms with Crippen molar-refractivity contribution in [3.8, 4) is 6.07 Å². The van der Waals surface area contributed by atoms with Gasteiger partial charge in [0.15, 0.2) is 0 Å². The molecule has 5 rings (SSSR count). The standard InChI is InChI=1S/C25H26N6O2/c26-16-18-15-19(28-25(32)23-17-27-21-3-1-2-4-22(21)29-23)5-6-24(18)31-11-9-30(10-12-31)20-7-13-33-14-8-20/h1-6,15,17,20H,7-14H2,(H,28,32). The molecule has 2 aliphatic heterocycles. The molecule has 0 spiro atoms. The maximum atomic E-state index is 12.7. The molecule has 8 nitrogen and oxygen atoms in total. The average Bonchev–Trinajstić information content (AvgIpc) is 2.89. The van der Waals surface area contributed by atoms with E-state index in [9.17, 15) is 10.1 Å². The molecule has 2 fully saturated rings. The van der Waals surface area contributed by atoms with E-state index < -0.39 is 0 Å². The highest BCUT2D eigenvalue weighted by atomic mass is 16.5. The summed E-state index contributed by atoms with van der Waals surface area (Å²) in [6.45, 7) is 5.42. The topological polar surface area (TPSA) is 94.4 Å². The van der Waals surface area contributed by atoms with Gasteiger partial charge in [0.05, 0.1) is 28.5 Å². The van der Waals surface area contributed by atoms with Crippen LogP contribution in [0.4, 0.5) is 11.4 Å². The van der Waals surface area contributed by atoms with Crippen molar-refractivity contribution in [3.63, 3.8) is 0 Å². The van der Waals surface area contributed by atoms with Crippen molar-refractivity contribution in [3.05, 3.63) is 59.9 Å². The second-order valence-corrected chi connectivity index (χ2v) is 8.41. The maximum Gasteiger partial charge on any atom is 0.275 e. The third-order valence-corrected chi connectivity index (χ3v) is 6.42. The normalized spacial score (nSPS) is 17.6. The van der Waals surface area contributed by atoms with E-state index in [0.717, 1.165) is 63.4 Å². The summed E-state index contributed by atoms with van der Waals surface area (Å²) in [7, 11) is 0. The molecule has 0 radical (unpaired) electrons. The van der Waals surface area contributed by atoms with Crippen LogP contribution in [0.1, 0.15) is 28.9 Å². The number of hydrogen-bond acceptors (Lipinski definition) is 7. The van der Waals surface area contributed by atoms with Crippen LogP contribution in [0.2, 0.25) is 0 Å². The number of piperazine rings is 1. The van der Waals surface area contributed by atoms with Crippen molar-refractivity contribution in [2.24, 2.45) is 0 Å². The van der Waals surface area contributed by atoms with Crippen LogP contribution in [-0.4, -0.2) is 66.2 Å². The number of anilines is 2. The van der Waals surface area contributed by atoms with Crippen molar-refractivity contribution in [2.75, 3.05) is 49.6 Å². The van der Waals surface area contributed by atoms with Gasteiger partial charge in [0.2, 0.25) is 0 Å². The highest BCUT2D eigenvalue weighted by molar-refractivity contribution is 6.03. The Kier molecular flexibility index (Phi) is 6.15. The Labute approximate surface area is 192 Å². The van der Waals surface area contributed by atoms with E-state index in [4.69, 9.17) is 4.74 Å². The molecule has 3 heterocycles. The molecule has 0 aliphatic carbocycles. The lowest BCUT2D eigenvalue weighted by Crippen LogP contribution is -2.51. The summed E-state index contributed by atoms with van der Waals surface area (Å²) in [6, 6.07) is 15.8. The SMILES string of the molecule is N#Cc1cc(NC(=O)c2cnc3ccccc3n2)ccc1N1CCN(C2CCOCC2)CC1. The van der Waals surface area contributed by atoms with E-state index >= 15 is 0 Å². The number of nitriles is 1. The Balaban J connectivity index is 1.26. The summed E-state index contributed by atoms with van der Waals surface area (Å²) >= 11 is 0. The summed E-state index contributed by atoms with van der Waals surface area (Å²) in [5.74, 6) is -0.352. The van der Waals surface area contributed by atoms with Crippen LogP contribution in [0.5, 0.6) is 0 Å². The first-order valence-corrected chi connectivity index (χ1v) is 11.4. The Morgan fingerprint density at radius 1 is 1.06 bits per heavy atom. The van der Waals surface area contributed by atoms with Gasteiger partial charge in [-0.05, 0) is 43.2 Å². The van der Waals surface area contributed by atoms with Gasteiger partial charge in [0.1, 0.15) is 11.8 Å². The number of carbonyl (C=O) groups excluding carboxylic acids is 1. The van der Waals surface area contributed by atoms with Gasteiger partial charge < -0.3 is 15.0 Å². The number of para-hydroxylation sites is 2. The molecule has 0 atom stereocenters. The minimum Gasteiger partial charge on any atom is -0.381 e. The molecule has 1 aromatic heterocycles. The second-order valence-electron chi connectivity index (χ2n) is 8.41. The lowest BCUT2D eigenvalue weighted by atomic mass is 10.1. The molecule has 2 saturated heterocycles. The Morgan fingerprint density at radius 3 is 2.58 bits per heavy atom. The number of hydrogen-bond donors (Lipinski definition) is 1. The van der Waals surface area contributed by atoms with Crippen molar-refractivity contribution in [1.29, 1.82) is 5.26 Å². The number of benzene rings is 2. The molecule has 2 aromatic carbocycles. The van der Waals surface area contributed by atoms with Crippen molar-refractivity contribution in [1.82, 2.24) is 14.9 Å². The van der Waals surface area contributed by atoms with Gasteiger partial charge >= 0.3 is 0 Å². The minimum absolute atomic E-state index is 0.237. The fourth-order valence-corrected chi connectivity index (χ4v) is 4.62. The molecule has 0 unspecified atom stereocenters. The third-order valence-electron chi connectivity index (χ3n) is 6.42. The van der Waals surface area contributed by atoms with E-state index in [2.05, 4.69) is 31.2 Å². The number of nitrogens with zero attached hydrogens (tertiary/aromatic N) is 5. The molecule has 2 aliphatic rings. The molecule has 168 valence electrons. The van der Waals surface area contributed by atoms with Gasteiger partial charge in [-0.3, -0.25) is 14.7 Å². The zero-order chi connectivity index (χ0) is 22.6. The zero-order valence-electron chi connectivity index (χ0n) is 18.4. The van der Waals surface area contributed by atoms with Crippen LogP contribution in [0.3, 0.4) is 0 Å². The third kappa shape index (κ3) is 4.65. The number of ether oxygens (including phenoxy) is 1. The fourth-order valence-electron chi connectivity index (χ4n) is 4.62. The van der Waals surface area contributed by atoms with Gasteiger partial charge in [0, 0.05) is 51.1 Å². The van der Waals surface area contributed by atoms with Crippen LogP contribution in [-0.2, 0) is 4.74 Å². The first-order chi connectivity index (χ1) is 16.2. The van der Waals surface area contributed by atoms with E-state index in [1.165, 1.54) is 6.20 Å². The predicted octanol–water partition coefficient (Wildman–Crippen LogP) is 3.05. The minimum atomic E-state index is -0.352. The summed E-state index contributed by atoms with van der Waals surface area (Å²) in [5.41, 5.74) is 3.67. The lowest BCUT2D eigenvalue weighted by molar-refractivity contribution is 0.0321. The number of rotatable bonds is 4. The average molecular weight is 443 g/mol. The number of carbonyl (C=O) groups is 1. The van der Waals surface area contributed by atoms with E-state index in [0.29, 0.717) is 22.8 Å². The molecule has 1 N–H and O–H groups in total. The molecule has 1 amide bonds. The first-order valence-electron chi connectivity index (χ1n) is 11.4. The first kappa shape index (κ1) is 21.3. The van der Waals surface area contributed by atoms with Gasteiger partial charge in [-0.15, -0.1) is 0 Å². The molecular weight excluding hydrogens is 416 g/mol. The van der Waals surface area contributed by atoms with Crippen LogP contribution >= 0.6 is 0 Å². The highest BCUT2D eigenvalue weighted by Crippen LogP contribution is 2.26. The summed E-state index contributed by atoms with van der Waals surface area (Å²) < 4.78 is 5.49. The van der Waals surface area contributed by atoms with Crippen LogP contribution in [0, 0.1) is 11.3 Å². The molecule has 8 heteroatoms. The van der Waals surface area contributed by atoms with Gasteiger partial charge in [-0.1, -0.05) is 12.1 Å². The van der Waals surface area contributed by atoms with E-state index in [-0.39, 0.29) is 11.6 Å². The summed E-state index contributed by atoms with van der Waals surface area (Å²) in [5, 5.41) is 12.6. The van der Waals surface area contributed by atoms with Crippen molar-refractivity contribution >= 4 is 28.3 Å². The molecular formula is C25H26N6O2. The number of fused-ring (bicyclic) bond motifs is 1. The van der Waals surface area contributed by atoms with E-state index in [1.54, 1.807) is 6.07 Å². The Hall–Kier alpha value is -3.54. The summed E-state index contributed by atoms with van der Waals surface area (Å²) in [6.07, 6.45) is 3.66. The monoisotopic (exact) mass is 442 g/mol. The van der Waals surface area contributed by atoms with Crippen molar-refractivity contribution in [2.45, 2.75) is 18.9 Å². The van der Waals surface area contributed by atoms with Crippen LogP contribution < -0.4 is 10.2 Å². The molecule has 33 heavy (non-hydrogen) atoms. The highest BCUT2D eigenvalue weighted by Gasteiger charge is 2.26. The smallest absolute Gasteiger partial charge is 0.275 e. The van der Waals surface area contributed by atoms with Crippen LogP contribution in [0.25, 0.3) is 11.0 Å². The largest absolute Gasteiger partial charge is 0.381 e. The fraction of sp³-hybridized carbons (Fsp3) is 0.360. The summed E-state index contributed by atoms with van der Waals surface area (Å²) in [4.78, 5) is 26.2. The number of nitrogens with one attached hydrogen (secondary N) is 1. The molecule has 0 bridgehead atoms. The number of amides is 1. The maximum absolute atomic E-state index is 12.7. The van der Waals surface area contributed by atoms with E-state index in [1.807, 2.05) is 36.4 Å². The predicted molar refractivity (Wildman–Crippen MR) is 126 cm³/mol. The lowest BCUT2D eigenvalue weighted by Gasteiger charge is -2.41. The quantitative estimate of drug-likeness (QED) is 0.664. The van der Waals surface area contributed by atoms with Crippen molar-refractivity contribution < 1.29 is 9.53 Å². The van der Waals surface area contributed by atoms with Gasteiger partial charge in [-0.25, -0.2) is 4.98 Å². The van der Waals surface area contributed by atoms with Gasteiger partial charge in [0.25, 0.3) is 5.91 Å². The zero-order valence-corrected chi connectivity index (χ0v) is 18.4. The molecule has 0 saturated carbocycles. The second kappa shape index (κ2) is 9.53. The number of aromatic nitrogens is 2. The van der Waals surface area contributed by atoms with Gasteiger partial charge in [-0.2, -0.15) is 5.26 Å².